The molecule has 0 radical (unpaired) electrons. The molecule has 0 fully saturated rings. The third-order valence-electron chi connectivity index (χ3n) is 4.30. The number of hydrogen-bond acceptors (Lipinski definition) is 5. The highest BCUT2D eigenvalue weighted by Crippen LogP contribution is 2.38. The van der Waals surface area contributed by atoms with Crippen molar-refractivity contribution in [2.24, 2.45) is 0 Å². The molecule has 3 N–H and O–H groups in total. The van der Waals surface area contributed by atoms with Crippen molar-refractivity contribution in [1.29, 1.82) is 0 Å². The molecule has 0 amide bonds. The van der Waals surface area contributed by atoms with Gasteiger partial charge < -0.3 is 20.5 Å². The highest BCUT2D eigenvalue weighted by atomic mass is 35.5. The van der Waals surface area contributed by atoms with Crippen molar-refractivity contribution in [1.82, 2.24) is 10.3 Å². The molecule has 1 heterocycles. The number of nitrogens with zero attached hydrogens (tertiary/aromatic N) is 1. The van der Waals surface area contributed by atoms with E-state index in [2.05, 4.69) is 15.6 Å². The fraction of sp³-hybridized carbons (Fsp3) is 0.190. The van der Waals surface area contributed by atoms with Gasteiger partial charge in [0.1, 0.15) is 0 Å². The lowest BCUT2D eigenvalue weighted by atomic mass is 10.0. The first kappa shape index (κ1) is 21.0. The number of benzene rings is 2. The SMILES string of the molecule is COc1cccc(-c2cccc(Nc3nccc(CNCCO)c3F)c2Cl)c1F. The molecule has 3 aromatic rings. The Morgan fingerprint density at radius 1 is 1.07 bits per heavy atom. The van der Waals surface area contributed by atoms with E-state index in [-0.39, 0.29) is 35.3 Å². The lowest BCUT2D eigenvalue weighted by molar-refractivity contribution is 0.291. The van der Waals surface area contributed by atoms with Gasteiger partial charge in [-0.2, -0.15) is 0 Å². The molecular formula is C21H20ClF2N3O2. The van der Waals surface area contributed by atoms with Crippen LogP contribution in [0, 0.1) is 11.6 Å². The molecule has 8 heteroatoms. The van der Waals surface area contributed by atoms with Crippen molar-refractivity contribution in [3.63, 3.8) is 0 Å². The van der Waals surface area contributed by atoms with Gasteiger partial charge >= 0.3 is 0 Å². The number of hydrogen-bond donors (Lipinski definition) is 3. The predicted molar refractivity (Wildman–Crippen MR) is 110 cm³/mol. The van der Waals surface area contributed by atoms with E-state index in [4.69, 9.17) is 21.4 Å². The summed E-state index contributed by atoms with van der Waals surface area (Å²) >= 11 is 6.49. The summed E-state index contributed by atoms with van der Waals surface area (Å²) in [6.45, 7) is 0.553. The Morgan fingerprint density at radius 3 is 2.59 bits per heavy atom. The first-order chi connectivity index (χ1) is 14.1. The molecule has 0 aliphatic heterocycles. The highest BCUT2D eigenvalue weighted by molar-refractivity contribution is 6.36. The Kier molecular flexibility index (Phi) is 6.98. The van der Waals surface area contributed by atoms with Gasteiger partial charge in [0.05, 0.1) is 24.4 Å². The Balaban J connectivity index is 1.93. The second-order valence-electron chi connectivity index (χ2n) is 6.15. The Labute approximate surface area is 172 Å². The molecule has 0 saturated heterocycles. The van der Waals surface area contributed by atoms with Crippen LogP contribution in [0.1, 0.15) is 5.56 Å². The molecule has 0 unspecified atom stereocenters. The minimum atomic E-state index is -0.535. The molecule has 152 valence electrons. The van der Waals surface area contributed by atoms with E-state index < -0.39 is 11.6 Å². The van der Waals surface area contributed by atoms with Gasteiger partial charge in [-0.1, -0.05) is 35.9 Å². The quantitative estimate of drug-likeness (QED) is 0.469. The van der Waals surface area contributed by atoms with E-state index in [1.54, 1.807) is 36.4 Å². The summed E-state index contributed by atoms with van der Waals surface area (Å²) in [7, 11) is 1.39. The number of anilines is 2. The maximum Gasteiger partial charge on any atom is 0.172 e. The van der Waals surface area contributed by atoms with Crippen LogP contribution in [0.2, 0.25) is 5.02 Å². The van der Waals surface area contributed by atoms with Gasteiger partial charge in [-0.25, -0.2) is 13.8 Å². The van der Waals surface area contributed by atoms with Gasteiger partial charge in [-0.3, -0.25) is 0 Å². The van der Waals surface area contributed by atoms with Crippen LogP contribution in [0.5, 0.6) is 5.75 Å². The summed E-state index contributed by atoms with van der Waals surface area (Å²) < 4.78 is 34.4. The van der Waals surface area contributed by atoms with Gasteiger partial charge in [0.15, 0.2) is 23.2 Å². The number of methoxy groups -OCH3 is 1. The minimum absolute atomic E-state index is 0.00142. The summed E-state index contributed by atoms with van der Waals surface area (Å²) in [4.78, 5) is 4.03. The summed E-state index contributed by atoms with van der Waals surface area (Å²) in [6, 6.07) is 11.3. The first-order valence-corrected chi connectivity index (χ1v) is 9.28. The average molecular weight is 420 g/mol. The zero-order valence-corrected chi connectivity index (χ0v) is 16.4. The molecule has 0 aliphatic carbocycles. The molecule has 0 spiro atoms. The summed E-state index contributed by atoms with van der Waals surface area (Å²) in [6.07, 6.45) is 1.47. The standard InChI is InChI=1S/C21H20ClF2N3O2/c1-29-17-7-3-5-15(20(17)24)14-4-2-6-16(18(14)22)27-21-19(23)13(8-9-26-21)12-25-10-11-28/h2-9,25,28H,10-12H2,1H3,(H,26,27). The van der Waals surface area contributed by atoms with Gasteiger partial charge in [-0.05, 0) is 18.2 Å². The normalized spacial score (nSPS) is 10.8. The smallest absolute Gasteiger partial charge is 0.172 e. The third kappa shape index (κ3) is 4.64. The molecule has 3 rings (SSSR count). The van der Waals surface area contributed by atoms with Crippen molar-refractivity contribution in [3.8, 4) is 16.9 Å². The van der Waals surface area contributed by atoms with Crippen molar-refractivity contribution in [3.05, 3.63) is 70.9 Å². The largest absolute Gasteiger partial charge is 0.494 e. The van der Waals surface area contributed by atoms with Gasteiger partial charge in [0.2, 0.25) is 0 Å². The van der Waals surface area contributed by atoms with E-state index in [1.807, 2.05) is 0 Å². The molecule has 0 saturated carbocycles. The minimum Gasteiger partial charge on any atom is -0.494 e. The van der Waals surface area contributed by atoms with Crippen LogP contribution in [-0.2, 0) is 6.54 Å². The zero-order valence-electron chi connectivity index (χ0n) is 15.7. The summed E-state index contributed by atoms with van der Waals surface area (Å²) in [5.74, 6) is -0.964. The molecular weight excluding hydrogens is 400 g/mol. The number of ether oxygens (including phenoxy) is 1. The Morgan fingerprint density at radius 2 is 1.83 bits per heavy atom. The van der Waals surface area contributed by atoms with E-state index >= 15 is 0 Å². The van der Waals surface area contributed by atoms with Crippen LogP contribution in [0.15, 0.2) is 48.7 Å². The van der Waals surface area contributed by atoms with Crippen molar-refractivity contribution < 1.29 is 18.6 Å². The number of halogens is 3. The third-order valence-corrected chi connectivity index (χ3v) is 4.71. The molecule has 0 bridgehead atoms. The van der Waals surface area contributed by atoms with Crippen LogP contribution < -0.4 is 15.4 Å². The Hall–Kier alpha value is -2.74. The summed E-state index contributed by atoms with van der Waals surface area (Å²) in [5.41, 5.74) is 1.49. The van der Waals surface area contributed by atoms with Crippen LogP contribution in [0.3, 0.4) is 0 Å². The number of aliphatic hydroxyl groups excluding tert-OH is 1. The van der Waals surface area contributed by atoms with E-state index in [9.17, 15) is 8.78 Å². The lowest BCUT2D eigenvalue weighted by Crippen LogP contribution is -2.18. The second-order valence-corrected chi connectivity index (χ2v) is 6.52. The topological polar surface area (TPSA) is 66.4 Å². The van der Waals surface area contributed by atoms with Crippen LogP contribution >= 0.6 is 11.6 Å². The van der Waals surface area contributed by atoms with Crippen LogP contribution in [0.25, 0.3) is 11.1 Å². The Bertz CT molecular complexity index is 1000. The van der Waals surface area contributed by atoms with E-state index in [0.717, 1.165) is 0 Å². The molecule has 0 aliphatic rings. The van der Waals surface area contributed by atoms with Crippen LogP contribution in [-0.4, -0.2) is 30.4 Å². The molecule has 0 atom stereocenters. The first-order valence-electron chi connectivity index (χ1n) is 8.90. The molecule has 5 nitrogen and oxygen atoms in total. The highest BCUT2D eigenvalue weighted by Gasteiger charge is 2.17. The zero-order chi connectivity index (χ0) is 20.8. The number of nitrogens with one attached hydrogen (secondary N) is 2. The van der Waals surface area contributed by atoms with E-state index in [0.29, 0.717) is 23.4 Å². The predicted octanol–water partition coefficient (Wildman–Crippen LogP) is 4.51. The number of aromatic nitrogens is 1. The molecule has 1 aromatic heterocycles. The monoisotopic (exact) mass is 419 g/mol. The summed E-state index contributed by atoms with van der Waals surface area (Å²) in [5, 5.41) is 14.9. The van der Waals surface area contributed by atoms with Gasteiger partial charge in [-0.15, -0.1) is 0 Å². The van der Waals surface area contributed by atoms with Gasteiger partial charge in [0.25, 0.3) is 0 Å². The second kappa shape index (κ2) is 9.65. The average Bonchev–Trinajstić information content (AvgIpc) is 2.73. The molecule has 29 heavy (non-hydrogen) atoms. The number of rotatable bonds is 8. The van der Waals surface area contributed by atoms with Crippen LogP contribution in [0.4, 0.5) is 20.3 Å². The van der Waals surface area contributed by atoms with Gasteiger partial charge in [0, 0.05) is 36.0 Å². The van der Waals surface area contributed by atoms with Crippen molar-refractivity contribution in [2.75, 3.05) is 25.6 Å². The maximum absolute atomic E-state index is 14.8. The fourth-order valence-corrected chi connectivity index (χ4v) is 3.13. The van der Waals surface area contributed by atoms with Crippen molar-refractivity contribution in [2.45, 2.75) is 6.54 Å². The van der Waals surface area contributed by atoms with E-state index in [1.165, 1.54) is 19.4 Å². The number of aliphatic hydroxyl groups is 1. The lowest BCUT2D eigenvalue weighted by Gasteiger charge is -2.14. The van der Waals surface area contributed by atoms with Crippen molar-refractivity contribution >= 4 is 23.1 Å². The maximum atomic E-state index is 14.8. The number of pyridine rings is 1. The fourth-order valence-electron chi connectivity index (χ4n) is 2.85. The molecule has 2 aromatic carbocycles.